The highest BCUT2D eigenvalue weighted by atomic mass is 16.5. The first-order chi connectivity index (χ1) is 12.2. The first-order valence-electron chi connectivity index (χ1n) is 9.32. The Kier molecular flexibility index (Phi) is 4.89. The third-order valence-corrected chi connectivity index (χ3v) is 5.68. The van der Waals surface area contributed by atoms with Crippen molar-refractivity contribution in [3.05, 3.63) is 23.9 Å². The van der Waals surface area contributed by atoms with Gasteiger partial charge in [0.25, 0.3) is 0 Å². The van der Waals surface area contributed by atoms with Gasteiger partial charge in [0.15, 0.2) is 0 Å². The molecule has 0 amide bonds. The van der Waals surface area contributed by atoms with Gasteiger partial charge >= 0.3 is 0 Å². The lowest BCUT2D eigenvalue weighted by molar-refractivity contribution is 0.00796. The van der Waals surface area contributed by atoms with Gasteiger partial charge in [-0.25, -0.2) is 4.98 Å². The molecule has 3 saturated heterocycles. The summed E-state index contributed by atoms with van der Waals surface area (Å²) < 4.78 is 11.7. The van der Waals surface area contributed by atoms with E-state index in [2.05, 4.69) is 21.3 Å². The molecule has 0 bridgehead atoms. The minimum Gasteiger partial charge on any atom is -0.381 e. The number of hydrogen-bond acceptors (Lipinski definition) is 6. The van der Waals surface area contributed by atoms with E-state index in [0.717, 1.165) is 50.9 Å². The van der Waals surface area contributed by atoms with E-state index >= 15 is 0 Å². The number of ether oxygens (including phenoxy) is 2. The predicted octanol–water partition coefficient (Wildman–Crippen LogP) is 2.03. The quantitative estimate of drug-likeness (QED) is 0.903. The average molecular weight is 342 g/mol. The summed E-state index contributed by atoms with van der Waals surface area (Å²) in [5.41, 5.74) is 0.442. The van der Waals surface area contributed by atoms with Crippen LogP contribution >= 0.6 is 0 Å². The predicted molar refractivity (Wildman–Crippen MR) is 94.3 cm³/mol. The zero-order valence-electron chi connectivity index (χ0n) is 14.6. The number of aromatic nitrogens is 1. The van der Waals surface area contributed by atoms with Crippen molar-refractivity contribution in [1.82, 2.24) is 9.88 Å². The van der Waals surface area contributed by atoms with Crippen LogP contribution in [-0.2, 0) is 9.47 Å². The molecule has 0 radical (unpaired) electrons. The first kappa shape index (κ1) is 16.8. The fourth-order valence-electron chi connectivity index (χ4n) is 4.39. The molecule has 0 aliphatic carbocycles. The van der Waals surface area contributed by atoms with Gasteiger partial charge in [0.2, 0.25) is 0 Å². The summed E-state index contributed by atoms with van der Waals surface area (Å²) in [6.07, 6.45) is 4.50. The molecule has 1 N–H and O–H groups in total. The fourth-order valence-corrected chi connectivity index (χ4v) is 4.39. The van der Waals surface area contributed by atoms with Gasteiger partial charge < -0.3 is 19.7 Å². The first-order valence-corrected chi connectivity index (χ1v) is 9.32. The number of nitriles is 1. The molecule has 1 aromatic rings. The standard InChI is InChI=1S/C19H26N4O2/c20-11-16-2-1-3-18(21-16)22-17-10-19(25-13-17)6-7-23(14-19)12-15-4-8-24-9-5-15/h1-3,15,17H,4-10,12-14H2,(H,21,22)/t17-,19+/m0/s1. The van der Waals surface area contributed by atoms with Crippen molar-refractivity contribution in [2.24, 2.45) is 5.92 Å². The van der Waals surface area contributed by atoms with Crippen LogP contribution in [0.5, 0.6) is 0 Å². The van der Waals surface area contributed by atoms with Gasteiger partial charge in [-0.15, -0.1) is 0 Å². The van der Waals surface area contributed by atoms with Crippen LogP contribution in [-0.4, -0.2) is 61.0 Å². The van der Waals surface area contributed by atoms with Crippen molar-refractivity contribution in [3.8, 4) is 6.07 Å². The van der Waals surface area contributed by atoms with Crippen LogP contribution in [0.2, 0.25) is 0 Å². The van der Waals surface area contributed by atoms with E-state index in [4.69, 9.17) is 14.7 Å². The molecule has 6 heteroatoms. The molecule has 1 aromatic heterocycles. The molecule has 6 nitrogen and oxygen atoms in total. The number of nitrogens with zero attached hydrogens (tertiary/aromatic N) is 3. The molecule has 2 atom stereocenters. The van der Waals surface area contributed by atoms with Crippen LogP contribution in [0.15, 0.2) is 18.2 Å². The summed E-state index contributed by atoms with van der Waals surface area (Å²) >= 11 is 0. The van der Waals surface area contributed by atoms with Crippen LogP contribution in [0.3, 0.4) is 0 Å². The van der Waals surface area contributed by atoms with Gasteiger partial charge in [-0.2, -0.15) is 5.26 Å². The van der Waals surface area contributed by atoms with E-state index in [9.17, 15) is 0 Å². The summed E-state index contributed by atoms with van der Waals surface area (Å²) in [7, 11) is 0. The topological polar surface area (TPSA) is 70.4 Å². The molecule has 3 fully saturated rings. The van der Waals surface area contributed by atoms with Crippen LogP contribution in [0.1, 0.15) is 31.4 Å². The van der Waals surface area contributed by atoms with Gasteiger partial charge in [-0.1, -0.05) is 6.07 Å². The lowest BCUT2D eigenvalue weighted by Gasteiger charge is -2.28. The Bertz CT molecular complexity index is 641. The minimum atomic E-state index is -0.00429. The van der Waals surface area contributed by atoms with Crippen LogP contribution in [0, 0.1) is 17.2 Å². The number of hydrogen-bond donors (Lipinski definition) is 1. The van der Waals surface area contributed by atoms with Gasteiger partial charge in [-0.3, -0.25) is 0 Å². The second-order valence-electron chi connectivity index (χ2n) is 7.60. The molecule has 4 heterocycles. The van der Waals surface area contributed by atoms with Gasteiger partial charge in [-0.05, 0) is 37.3 Å². The largest absolute Gasteiger partial charge is 0.381 e. The van der Waals surface area contributed by atoms with E-state index in [1.807, 2.05) is 12.1 Å². The van der Waals surface area contributed by atoms with Gasteiger partial charge in [0.05, 0.1) is 18.2 Å². The van der Waals surface area contributed by atoms with Crippen LogP contribution < -0.4 is 5.32 Å². The molecule has 3 aliphatic rings. The molecular weight excluding hydrogens is 316 g/mol. The Labute approximate surface area is 149 Å². The average Bonchev–Trinajstić information content (AvgIpc) is 3.22. The van der Waals surface area contributed by atoms with E-state index in [0.29, 0.717) is 12.3 Å². The second-order valence-corrected chi connectivity index (χ2v) is 7.60. The number of nitrogens with one attached hydrogen (secondary N) is 1. The molecule has 0 aromatic carbocycles. The Balaban J connectivity index is 1.30. The molecule has 0 unspecified atom stereocenters. The Morgan fingerprint density at radius 1 is 1.36 bits per heavy atom. The molecular formula is C19H26N4O2. The third kappa shape index (κ3) is 3.95. The lowest BCUT2D eigenvalue weighted by atomic mass is 9.97. The Hall–Kier alpha value is -1.68. The number of likely N-dealkylation sites (tertiary alicyclic amines) is 1. The van der Waals surface area contributed by atoms with Crippen LogP contribution in [0.25, 0.3) is 0 Å². The Morgan fingerprint density at radius 3 is 3.08 bits per heavy atom. The molecule has 0 saturated carbocycles. The molecule has 3 aliphatic heterocycles. The van der Waals surface area contributed by atoms with Gasteiger partial charge in [0, 0.05) is 39.3 Å². The normalized spacial score (nSPS) is 30.6. The highest BCUT2D eigenvalue weighted by molar-refractivity contribution is 5.39. The smallest absolute Gasteiger partial charge is 0.142 e. The maximum atomic E-state index is 8.98. The molecule has 1 spiro atoms. The van der Waals surface area contributed by atoms with Crippen molar-refractivity contribution in [1.29, 1.82) is 5.26 Å². The summed E-state index contributed by atoms with van der Waals surface area (Å²) in [6, 6.07) is 7.86. The molecule has 134 valence electrons. The van der Waals surface area contributed by atoms with E-state index in [-0.39, 0.29) is 11.6 Å². The fraction of sp³-hybridized carbons (Fsp3) is 0.684. The van der Waals surface area contributed by atoms with Crippen LogP contribution in [0.4, 0.5) is 5.82 Å². The van der Waals surface area contributed by atoms with Crippen molar-refractivity contribution in [2.45, 2.75) is 37.3 Å². The third-order valence-electron chi connectivity index (χ3n) is 5.68. The van der Waals surface area contributed by atoms with E-state index < -0.39 is 0 Å². The summed E-state index contributed by atoms with van der Waals surface area (Å²) in [5, 5.41) is 12.4. The molecule has 4 rings (SSSR count). The van der Waals surface area contributed by atoms with Crippen molar-refractivity contribution >= 4 is 5.82 Å². The summed E-state index contributed by atoms with van der Waals surface area (Å²) in [5.74, 6) is 1.54. The number of pyridine rings is 1. The molecule has 25 heavy (non-hydrogen) atoms. The van der Waals surface area contributed by atoms with Crippen molar-refractivity contribution < 1.29 is 9.47 Å². The maximum absolute atomic E-state index is 8.98. The SMILES string of the molecule is N#Cc1cccc(N[C@@H]2CO[C@]3(CCN(CC4CCOCC4)C3)C2)n1. The van der Waals surface area contributed by atoms with Gasteiger partial charge in [0.1, 0.15) is 17.6 Å². The maximum Gasteiger partial charge on any atom is 0.142 e. The zero-order chi connectivity index (χ0) is 17.1. The van der Waals surface area contributed by atoms with Crippen molar-refractivity contribution in [2.75, 3.05) is 44.8 Å². The Morgan fingerprint density at radius 2 is 2.24 bits per heavy atom. The summed E-state index contributed by atoms with van der Waals surface area (Å²) in [4.78, 5) is 6.89. The van der Waals surface area contributed by atoms with E-state index in [1.165, 1.54) is 19.4 Å². The zero-order valence-corrected chi connectivity index (χ0v) is 14.6. The number of anilines is 1. The second kappa shape index (κ2) is 7.28. The summed E-state index contributed by atoms with van der Waals surface area (Å²) in [6.45, 7) is 5.89. The lowest BCUT2D eigenvalue weighted by Crippen LogP contribution is -2.36. The minimum absolute atomic E-state index is 0.00429. The van der Waals surface area contributed by atoms with Crippen molar-refractivity contribution in [3.63, 3.8) is 0 Å². The number of rotatable bonds is 4. The van der Waals surface area contributed by atoms with E-state index in [1.54, 1.807) is 6.07 Å². The monoisotopic (exact) mass is 342 g/mol. The highest BCUT2D eigenvalue weighted by Crippen LogP contribution is 2.36. The highest BCUT2D eigenvalue weighted by Gasteiger charge is 2.45.